The second kappa shape index (κ2) is 5.97. The summed E-state index contributed by atoms with van der Waals surface area (Å²) < 4.78 is 0. The first kappa shape index (κ1) is 12.3. The molecule has 0 spiro atoms. The molecule has 0 unspecified atom stereocenters. The highest BCUT2D eigenvalue weighted by molar-refractivity contribution is 7.99. The molecular weight excluding hydrogens is 234 g/mol. The molecule has 0 aliphatic rings. The van der Waals surface area contributed by atoms with Crippen molar-refractivity contribution in [3.63, 3.8) is 0 Å². The first-order valence-electron chi connectivity index (χ1n) is 5.77. The highest BCUT2D eigenvalue weighted by Crippen LogP contribution is 2.21. The lowest BCUT2D eigenvalue weighted by molar-refractivity contribution is 0.586. The van der Waals surface area contributed by atoms with E-state index in [1.807, 2.05) is 0 Å². The molecule has 0 saturated carbocycles. The number of thioether (sulfide) groups is 1. The molecule has 2 aromatic rings. The molecular formula is C11H17N5S. The molecule has 0 aliphatic heterocycles. The fraction of sp³-hybridized carbons (Fsp3) is 0.545. The van der Waals surface area contributed by atoms with Crippen LogP contribution in [0.4, 0.5) is 0 Å². The molecule has 2 heterocycles. The third-order valence-electron chi connectivity index (χ3n) is 2.30. The van der Waals surface area contributed by atoms with Gasteiger partial charge in [0, 0.05) is 11.8 Å². The van der Waals surface area contributed by atoms with Gasteiger partial charge in [-0.05, 0) is 13.0 Å². The van der Waals surface area contributed by atoms with Crippen LogP contribution >= 0.6 is 11.8 Å². The van der Waals surface area contributed by atoms with E-state index < -0.39 is 0 Å². The van der Waals surface area contributed by atoms with Crippen molar-refractivity contribution in [1.82, 2.24) is 25.3 Å². The average molecular weight is 251 g/mol. The molecule has 0 radical (unpaired) electrons. The van der Waals surface area contributed by atoms with Crippen molar-refractivity contribution in [1.29, 1.82) is 0 Å². The summed E-state index contributed by atoms with van der Waals surface area (Å²) in [6.07, 6.45) is 4.35. The fourth-order valence-corrected chi connectivity index (χ4v) is 2.38. The van der Waals surface area contributed by atoms with Crippen LogP contribution in [0.15, 0.2) is 17.7 Å². The highest BCUT2D eigenvalue weighted by atomic mass is 32.2. The quantitative estimate of drug-likeness (QED) is 0.466. The van der Waals surface area contributed by atoms with Gasteiger partial charge in [-0.2, -0.15) is 0 Å². The lowest BCUT2D eigenvalue weighted by atomic mass is 10.4. The minimum absolute atomic E-state index is 0.554. The van der Waals surface area contributed by atoms with Crippen LogP contribution in [0.2, 0.25) is 0 Å². The number of aromatic amines is 1. The fourth-order valence-electron chi connectivity index (χ4n) is 1.48. The zero-order valence-electron chi connectivity index (χ0n) is 10.1. The van der Waals surface area contributed by atoms with Crippen molar-refractivity contribution in [2.24, 2.45) is 0 Å². The van der Waals surface area contributed by atoms with Crippen molar-refractivity contribution in [3.8, 4) is 0 Å². The highest BCUT2D eigenvalue weighted by Gasteiger charge is 2.05. The zero-order valence-corrected chi connectivity index (χ0v) is 10.9. The Hall–Kier alpha value is -1.14. The summed E-state index contributed by atoms with van der Waals surface area (Å²) in [7, 11) is 0. The maximum Gasteiger partial charge on any atom is 0.181 e. The first-order chi connectivity index (χ1) is 8.27. The molecule has 5 nitrogen and oxygen atoms in total. The Kier molecular flexibility index (Phi) is 4.33. The summed E-state index contributed by atoms with van der Waals surface area (Å²) in [5.41, 5.74) is 1.68. The molecule has 17 heavy (non-hydrogen) atoms. The molecule has 2 N–H and O–H groups in total. The van der Waals surface area contributed by atoms with Gasteiger partial charge in [0.15, 0.2) is 5.65 Å². The van der Waals surface area contributed by atoms with Crippen LogP contribution < -0.4 is 5.32 Å². The van der Waals surface area contributed by atoms with Gasteiger partial charge in [0.05, 0.1) is 6.33 Å². The van der Waals surface area contributed by atoms with Gasteiger partial charge in [0.25, 0.3) is 0 Å². The number of fused-ring (bicyclic) bond motifs is 1. The molecule has 2 rings (SSSR count). The SMILES string of the molecule is CC(C)NCCCSc1ncnc2nc[nH]c12. The molecule has 0 saturated heterocycles. The van der Waals surface area contributed by atoms with Crippen LogP contribution in [0.1, 0.15) is 20.3 Å². The summed E-state index contributed by atoms with van der Waals surface area (Å²) in [5, 5.41) is 4.38. The molecule has 0 aliphatic carbocycles. The summed E-state index contributed by atoms with van der Waals surface area (Å²) >= 11 is 1.74. The lowest BCUT2D eigenvalue weighted by Gasteiger charge is -2.07. The van der Waals surface area contributed by atoms with Crippen molar-refractivity contribution in [2.45, 2.75) is 31.3 Å². The standard InChI is InChI=1S/C11H17N5S/c1-8(2)12-4-3-5-17-11-9-10(14-6-13-9)15-7-16-11/h6-8,12H,3-5H2,1-2H3,(H,13,14,15,16). The lowest BCUT2D eigenvalue weighted by Crippen LogP contribution is -2.23. The minimum Gasteiger partial charge on any atom is -0.341 e. The Balaban J connectivity index is 1.84. The predicted octanol–water partition coefficient (Wildman–Crippen LogP) is 1.83. The summed E-state index contributed by atoms with van der Waals surface area (Å²) in [5.74, 6) is 1.05. The van der Waals surface area contributed by atoms with Gasteiger partial charge in [0.2, 0.25) is 0 Å². The number of aromatic nitrogens is 4. The van der Waals surface area contributed by atoms with Crippen LogP contribution in [0, 0.1) is 0 Å². The maximum atomic E-state index is 4.27. The normalized spacial score (nSPS) is 11.5. The molecule has 0 atom stereocenters. The van der Waals surface area contributed by atoms with Gasteiger partial charge in [0.1, 0.15) is 16.9 Å². The van der Waals surface area contributed by atoms with E-state index in [9.17, 15) is 0 Å². The van der Waals surface area contributed by atoms with E-state index in [0.29, 0.717) is 6.04 Å². The van der Waals surface area contributed by atoms with Gasteiger partial charge in [-0.1, -0.05) is 13.8 Å². The Bertz CT molecular complexity index is 468. The molecule has 92 valence electrons. The van der Waals surface area contributed by atoms with E-state index in [0.717, 1.165) is 34.9 Å². The maximum absolute atomic E-state index is 4.27. The van der Waals surface area contributed by atoms with Crippen LogP contribution in [0.3, 0.4) is 0 Å². The topological polar surface area (TPSA) is 66.5 Å². The Morgan fingerprint density at radius 1 is 1.35 bits per heavy atom. The van der Waals surface area contributed by atoms with E-state index >= 15 is 0 Å². The van der Waals surface area contributed by atoms with Gasteiger partial charge in [-0.25, -0.2) is 15.0 Å². The third-order valence-corrected chi connectivity index (χ3v) is 3.38. The van der Waals surface area contributed by atoms with Crippen molar-refractivity contribution in [2.75, 3.05) is 12.3 Å². The summed E-state index contributed by atoms with van der Waals surface area (Å²) in [6, 6.07) is 0.554. The van der Waals surface area contributed by atoms with Crippen molar-refractivity contribution in [3.05, 3.63) is 12.7 Å². The summed E-state index contributed by atoms with van der Waals surface area (Å²) in [4.78, 5) is 15.6. The van der Waals surface area contributed by atoms with Crippen LogP contribution in [-0.2, 0) is 0 Å². The number of imidazole rings is 1. The molecule has 2 aromatic heterocycles. The molecule has 0 aromatic carbocycles. The largest absolute Gasteiger partial charge is 0.341 e. The number of nitrogens with one attached hydrogen (secondary N) is 2. The van der Waals surface area contributed by atoms with Gasteiger partial charge >= 0.3 is 0 Å². The van der Waals surface area contributed by atoms with Crippen molar-refractivity contribution >= 4 is 22.9 Å². The zero-order chi connectivity index (χ0) is 12.1. The number of rotatable bonds is 6. The number of hydrogen-bond donors (Lipinski definition) is 2. The van der Waals surface area contributed by atoms with Gasteiger partial charge < -0.3 is 10.3 Å². The smallest absolute Gasteiger partial charge is 0.181 e. The minimum atomic E-state index is 0.554. The van der Waals surface area contributed by atoms with Crippen LogP contribution in [0.5, 0.6) is 0 Å². The van der Waals surface area contributed by atoms with Crippen molar-refractivity contribution < 1.29 is 0 Å². The third kappa shape index (κ3) is 3.41. The first-order valence-corrected chi connectivity index (χ1v) is 6.76. The van der Waals surface area contributed by atoms with E-state index in [4.69, 9.17) is 0 Å². The second-order valence-corrected chi connectivity index (χ2v) is 5.17. The number of hydrogen-bond acceptors (Lipinski definition) is 5. The van der Waals surface area contributed by atoms with Gasteiger partial charge in [-0.3, -0.25) is 0 Å². The van der Waals surface area contributed by atoms with Crippen LogP contribution in [-0.4, -0.2) is 38.3 Å². The van der Waals surface area contributed by atoms with E-state index in [1.54, 1.807) is 24.4 Å². The van der Waals surface area contributed by atoms with E-state index in [-0.39, 0.29) is 0 Å². The molecule has 6 heteroatoms. The summed E-state index contributed by atoms with van der Waals surface area (Å²) in [6.45, 7) is 5.36. The Morgan fingerprint density at radius 2 is 2.24 bits per heavy atom. The number of nitrogens with zero attached hydrogens (tertiary/aromatic N) is 3. The predicted molar refractivity (Wildman–Crippen MR) is 70.2 cm³/mol. The van der Waals surface area contributed by atoms with E-state index in [2.05, 4.69) is 39.1 Å². The molecule has 0 fully saturated rings. The molecule has 0 amide bonds. The Morgan fingerprint density at radius 3 is 3.06 bits per heavy atom. The second-order valence-electron chi connectivity index (χ2n) is 4.09. The Labute approximate surface area is 105 Å². The van der Waals surface area contributed by atoms with Gasteiger partial charge in [-0.15, -0.1) is 11.8 Å². The number of H-pyrrole nitrogens is 1. The molecule has 0 bridgehead atoms. The monoisotopic (exact) mass is 251 g/mol. The van der Waals surface area contributed by atoms with Crippen LogP contribution in [0.25, 0.3) is 11.2 Å². The average Bonchev–Trinajstić information content (AvgIpc) is 2.77. The van der Waals surface area contributed by atoms with E-state index in [1.165, 1.54) is 0 Å².